The van der Waals surface area contributed by atoms with Crippen molar-refractivity contribution < 1.29 is 0 Å². The van der Waals surface area contributed by atoms with E-state index in [4.69, 9.17) is 22.3 Å². The van der Waals surface area contributed by atoms with Crippen LogP contribution in [0.15, 0.2) is 0 Å². The summed E-state index contributed by atoms with van der Waals surface area (Å²) in [7, 11) is 0. The Bertz CT molecular complexity index is 166. The number of hydrogen-bond acceptors (Lipinski definition) is 2. The fraction of sp³-hybridized carbons (Fsp3) is 0.800. The van der Waals surface area contributed by atoms with E-state index in [9.17, 15) is 0 Å². The molecule has 0 aromatic rings. The maximum atomic E-state index is 7.03. The van der Waals surface area contributed by atoms with Crippen LogP contribution in [0.5, 0.6) is 0 Å². The van der Waals surface area contributed by atoms with Crippen LogP contribution in [-0.2, 0) is 0 Å². The molecule has 0 fully saturated rings. The fourth-order valence-electron chi connectivity index (χ4n) is 1.34. The minimum atomic E-state index is 0. The Kier molecular flexibility index (Phi) is 18.9. The zero-order valence-corrected chi connectivity index (χ0v) is 11.3. The normalized spacial score (nSPS) is 8.75. The molecular formula is C10H24Cl2N4. The molecule has 0 aliphatic carbocycles. The number of halogens is 2. The number of amidine groups is 2. The van der Waals surface area contributed by atoms with Gasteiger partial charge in [0.15, 0.2) is 0 Å². The van der Waals surface area contributed by atoms with Crippen LogP contribution in [0.1, 0.15) is 51.4 Å². The highest BCUT2D eigenvalue weighted by atomic mass is 35.5. The molecule has 0 atom stereocenters. The number of hydrogen-bond donors (Lipinski definition) is 4. The number of nitrogens with one attached hydrogen (secondary N) is 2. The molecule has 0 unspecified atom stereocenters. The van der Waals surface area contributed by atoms with E-state index in [2.05, 4.69) is 0 Å². The highest BCUT2D eigenvalue weighted by Crippen LogP contribution is 2.08. The maximum Gasteiger partial charge on any atom is 0.0905 e. The number of nitrogens with two attached hydrogens (primary N) is 2. The van der Waals surface area contributed by atoms with Crippen molar-refractivity contribution in [1.29, 1.82) is 10.8 Å². The monoisotopic (exact) mass is 270 g/mol. The van der Waals surface area contributed by atoms with Gasteiger partial charge in [-0.2, -0.15) is 0 Å². The molecule has 0 saturated carbocycles. The zero-order chi connectivity index (χ0) is 10.8. The third-order valence-electron chi connectivity index (χ3n) is 2.14. The Morgan fingerprint density at radius 1 is 0.625 bits per heavy atom. The van der Waals surface area contributed by atoms with Crippen molar-refractivity contribution in [3.8, 4) is 0 Å². The quantitative estimate of drug-likeness (QED) is 0.294. The summed E-state index contributed by atoms with van der Waals surface area (Å²) in [5.74, 6) is 0.586. The van der Waals surface area contributed by atoms with Gasteiger partial charge < -0.3 is 11.5 Å². The van der Waals surface area contributed by atoms with Crippen LogP contribution in [0.3, 0.4) is 0 Å². The lowest BCUT2D eigenvalue weighted by atomic mass is 10.1. The first-order valence-corrected chi connectivity index (χ1v) is 5.28. The lowest BCUT2D eigenvalue weighted by molar-refractivity contribution is 0.606. The third kappa shape index (κ3) is 19.1. The molecule has 0 aliphatic heterocycles. The van der Waals surface area contributed by atoms with Gasteiger partial charge in [0.2, 0.25) is 0 Å². The molecule has 16 heavy (non-hydrogen) atoms. The zero-order valence-electron chi connectivity index (χ0n) is 9.63. The smallest absolute Gasteiger partial charge is 0.0905 e. The molecule has 6 heteroatoms. The van der Waals surface area contributed by atoms with Crippen molar-refractivity contribution in [3.05, 3.63) is 0 Å². The standard InChI is InChI=1S/C10H22N4.2ClH/c11-9(12)7-5-3-1-2-4-6-8-10(13)14;;/h1-8H2,(H3,11,12)(H3,13,14);2*1H. The van der Waals surface area contributed by atoms with Crippen molar-refractivity contribution in [2.45, 2.75) is 51.4 Å². The molecule has 0 bridgehead atoms. The summed E-state index contributed by atoms with van der Waals surface area (Å²) in [5, 5.41) is 14.1. The number of unbranched alkanes of at least 4 members (excludes halogenated alkanes) is 5. The minimum Gasteiger partial charge on any atom is -0.388 e. The molecule has 0 spiro atoms. The van der Waals surface area contributed by atoms with Crippen molar-refractivity contribution in [2.24, 2.45) is 11.5 Å². The lowest BCUT2D eigenvalue weighted by Gasteiger charge is -2.01. The van der Waals surface area contributed by atoms with Gasteiger partial charge in [-0.05, 0) is 12.8 Å². The molecule has 0 rings (SSSR count). The van der Waals surface area contributed by atoms with Gasteiger partial charge in [0, 0.05) is 12.8 Å². The summed E-state index contributed by atoms with van der Waals surface area (Å²) in [6.07, 6.45) is 8.22. The average Bonchev–Trinajstić information content (AvgIpc) is 2.08. The van der Waals surface area contributed by atoms with Crippen LogP contribution < -0.4 is 11.5 Å². The van der Waals surface area contributed by atoms with Crippen LogP contribution in [0, 0.1) is 10.8 Å². The summed E-state index contributed by atoms with van der Waals surface area (Å²) in [4.78, 5) is 0. The van der Waals surface area contributed by atoms with Crippen LogP contribution in [-0.4, -0.2) is 11.7 Å². The van der Waals surface area contributed by atoms with Gasteiger partial charge in [0.05, 0.1) is 11.7 Å². The van der Waals surface area contributed by atoms with Crippen LogP contribution in [0.2, 0.25) is 0 Å². The Morgan fingerprint density at radius 3 is 1.12 bits per heavy atom. The van der Waals surface area contributed by atoms with Gasteiger partial charge in [-0.1, -0.05) is 25.7 Å². The van der Waals surface area contributed by atoms with E-state index in [1.165, 1.54) is 12.8 Å². The second kappa shape index (κ2) is 14.5. The lowest BCUT2D eigenvalue weighted by Crippen LogP contribution is -2.08. The second-order valence-corrected chi connectivity index (χ2v) is 3.67. The topological polar surface area (TPSA) is 99.7 Å². The van der Waals surface area contributed by atoms with Crippen molar-refractivity contribution >= 4 is 36.5 Å². The molecular weight excluding hydrogens is 247 g/mol. The molecule has 0 aliphatic rings. The first kappa shape index (κ1) is 20.9. The van der Waals surface area contributed by atoms with E-state index in [1.54, 1.807) is 0 Å². The molecule has 0 heterocycles. The molecule has 0 saturated heterocycles. The first-order valence-electron chi connectivity index (χ1n) is 5.28. The Labute approximate surface area is 110 Å². The summed E-state index contributed by atoms with van der Waals surface area (Å²) >= 11 is 0. The highest BCUT2D eigenvalue weighted by molar-refractivity contribution is 5.85. The van der Waals surface area contributed by atoms with Crippen molar-refractivity contribution in [3.63, 3.8) is 0 Å². The molecule has 0 aromatic carbocycles. The predicted octanol–water partition coefficient (Wildman–Crippen LogP) is 2.82. The summed E-state index contributed by atoms with van der Waals surface area (Å²) in [6.45, 7) is 0. The Morgan fingerprint density at radius 2 is 0.875 bits per heavy atom. The first-order chi connectivity index (χ1) is 6.63. The van der Waals surface area contributed by atoms with Crippen LogP contribution in [0.4, 0.5) is 0 Å². The van der Waals surface area contributed by atoms with E-state index in [0.717, 1.165) is 38.5 Å². The van der Waals surface area contributed by atoms with E-state index in [-0.39, 0.29) is 24.8 Å². The molecule has 0 radical (unpaired) electrons. The van der Waals surface area contributed by atoms with Gasteiger partial charge in [0.1, 0.15) is 0 Å². The highest BCUT2D eigenvalue weighted by Gasteiger charge is 1.94. The van der Waals surface area contributed by atoms with Crippen LogP contribution >= 0.6 is 24.8 Å². The van der Waals surface area contributed by atoms with Gasteiger partial charge >= 0.3 is 0 Å². The van der Waals surface area contributed by atoms with Gasteiger partial charge in [-0.15, -0.1) is 24.8 Å². The second-order valence-electron chi connectivity index (χ2n) is 3.67. The molecule has 6 N–H and O–H groups in total. The Hall–Kier alpha value is -0.480. The SMILES string of the molecule is Cl.Cl.N=C(N)CCCCCCCCC(=N)N. The van der Waals surface area contributed by atoms with E-state index in [0.29, 0.717) is 11.7 Å². The Balaban J connectivity index is -0.000000845. The minimum absolute atomic E-state index is 0. The summed E-state index contributed by atoms with van der Waals surface area (Å²) in [6, 6.07) is 0. The van der Waals surface area contributed by atoms with Crippen LogP contribution in [0.25, 0.3) is 0 Å². The number of rotatable bonds is 9. The third-order valence-corrected chi connectivity index (χ3v) is 2.14. The maximum absolute atomic E-state index is 7.03. The molecule has 0 amide bonds. The van der Waals surface area contributed by atoms with Gasteiger partial charge in [-0.3, -0.25) is 10.8 Å². The summed E-state index contributed by atoms with van der Waals surface area (Å²) < 4.78 is 0. The summed E-state index contributed by atoms with van der Waals surface area (Å²) in [5.41, 5.74) is 10.5. The average molecular weight is 271 g/mol. The molecule has 4 nitrogen and oxygen atoms in total. The van der Waals surface area contributed by atoms with Crippen molar-refractivity contribution in [1.82, 2.24) is 0 Å². The molecule has 98 valence electrons. The largest absolute Gasteiger partial charge is 0.388 e. The van der Waals surface area contributed by atoms with Gasteiger partial charge in [-0.25, -0.2) is 0 Å². The predicted molar refractivity (Wildman–Crippen MR) is 75.3 cm³/mol. The fourth-order valence-corrected chi connectivity index (χ4v) is 1.34. The van der Waals surface area contributed by atoms with Crippen molar-refractivity contribution in [2.75, 3.05) is 0 Å². The van der Waals surface area contributed by atoms with E-state index < -0.39 is 0 Å². The van der Waals surface area contributed by atoms with E-state index in [1.807, 2.05) is 0 Å². The van der Waals surface area contributed by atoms with Gasteiger partial charge in [0.25, 0.3) is 0 Å². The van der Waals surface area contributed by atoms with E-state index >= 15 is 0 Å². The molecule has 0 aromatic heterocycles.